The third kappa shape index (κ3) is 4.05. The van der Waals surface area contributed by atoms with Crippen LogP contribution < -0.4 is 10.2 Å². The largest absolute Gasteiger partial charge is 0.465 e. The predicted octanol–water partition coefficient (Wildman–Crippen LogP) is 2.94. The molecule has 0 unspecified atom stereocenters. The van der Waals surface area contributed by atoms with Crippen LogP contribution in [0.1, 0.15) is 16.8 Å². The van der Waals surface area contributed by atoms with Crippen molar-refractivity contribution >= 4 is 40.9 Å². The van der Waals surface area contributed by atoms with E-state index in [0.29, 0.717) is 23.4 Å². The van der Waals surface area contributed by atoms with E-state index in [1.807, 2.05) is 24.3 Å². The first kappa shape index (κ1) is 18.0. The SMILES string of the molecule is COC(=O)c1ccc(NC(=O)CN2C(=O)CCSc3ccccc32)cc1. The van der Waals surface area contributed by atoms with Gasteiger partial charge in [0.1, 0.15) is 6.54 Å². The van der Waals surface area contributed by atoms with E-state index in [0.717, 1.165) is 10.6 Å². The van der Waals surface area contributed by atoms with Gasteiger partial charge in [0.25, 0.3) is 0 Å². The summed E-state index contributed by atoms with van der Waals surface area (Å²) < 4.78 is 4.64. The lowest BCUT2D eigenvalue weighted by Crippen LogP contribution is -2.37. The number of hydrogen-bond acceptors (Lipinski definition) is 5. The second kappa shape index (κ2) is 8.05. The first-order valence-corrected chi connectivity index (χ1v) is 9.07. The Bertz CT molecular complexity index is 836. The normalized spacial score (nSPS) is 13.6. The van der Waals surface area contributed by atoms with E-state index in [4.69, 9.17) is 0 Å². The molecule has 6 nitrogen and oxygen atoms in total. The molecule has 26 heavy (non-hydrogen) atoms. The number of rotatable bonds is 4. The van der Waals surface area contributed by atoms with E-state index in [1.165, 1.54) is 12.0 Å². The number of nitrogens with one attached hydrogen (secondary N) is 1. The van der Waals surface area contributed by atoms with Crippen molar-refractivity contribution in [3.8, 4) is 0 Å². The second-order valence-electron chi connectivity index (χ2n) is 5.66. The van der Waals surface area contributed by atoms with E-state index >= 15 is 0 Å². The number of amides is 2. The third-order valence-electron chi connectivity index (χ3n) is 3.92. The number of benzene rings is 2. The molecule has 2 aromatic rings. The standard InChI is InChI=1S/C19H18N2O4S/c1-25-19(24)13-6-8-14(9-7-13)20-17(22)12-21-15-4-2-3-5-16(15)26-11-10-18(21)23/h2-9H,10-12H2,1H3,(H,20,22). The number of thioether (sulfide) groups is 1. The number of methoxy groups -OCH3 is 1. The van der Waals surface area contributed by atoms with Gasteiger partial charge in [-0.3, -0.25) is 9.59 Å². The summed E-state index contributed by atoms with van der Waals surface area (Å²) in [6.07, 6.45) is 0.389. The maximum absolute atomic E-state index is 12.4. The Labute approximate surface area is 155 Å². The highest BCUT2D eigenvalue weighted by molar-refractivity contribution is 7.99. The van der Waals surface area contributed by atoms with Crippen LogP contribution in [0.4, 0.5) is 11.4 Å². The average molecular weight is 370 g/mol. The summed E-state index contributed by atoms with van der Waals surface area (Å²) in [6, 6.07) is 14.0. The number of esters is 1. The number of hydrogen-bond donors (Lipinski definition) is 1. The van der Waals surface area contributed by atoms with Crippen molar-refractivity contribution in [2.75, 3.05) is 29.6 Å². The number of para-hydroxylation sites is 1. The van der Waals surface area contributed by atoms with Crippen LogP contribution in [-0.2, 0) is 14.3 Å². The van der Waals surface area contributed by atoms with Gasteiger partial charge in [0, 0.05) is 22.8 Å². The number of ether oxygens (including phenoxy) is 1. The fraction of sp³-hybridized carbons (Fsp3) is 0.211. The molecule has 1 aliphatic rings. The van der Waals surface area contributed by atoms with Gasteiger partial charge in [-0.1, -0.05) is 12.1 Å². The Morgan fingerprint density at radius 1 is 1.15 bits per heavy atom. The number of anilines is 2. The van der Waals surface area contributed by atoms with E-state index in [9.17, 15) is 14.4 Å². The molecule has 3 rings (SSSR count). The molecule has 0 bridgehead atoms. The smallest absolute Gasteiger partial charge is 0.337 e. The van der Waals surface area contributed by atoms with Crippen molar-refractivity contribution in [2.45, 2.75) is 11.3 Å². The zero-order chi connectivity index (χ0) is 18.5. The Morgan fingerprint density at radius 2 is 1.88 bits per heavy atom. The minimum Gasteiger partial charge on any atom is -0.465 e. The molecule has 0 aliphatic carbocycles. The van der Waals surface area contributed by atoms with Crippen molar-refractivity contribution in [3.05, 3.63) is 54.1 Å². The first-order chi connectivity index (χ1) is 12.6. The molecule has 0 saturated carbocycles. The molecule has 134 valence electrons. The molecule has 1 heterocycles. The Balaban J connectivity index is 1.71. The van der Waals surface area contributed by atoms with Crippen molar-refractivity contribution in [1.82, 2.24) is 0 Å². The Hall–Kier alpha value is -2.80. The third-order valence-corrected chi connectivity index (χ3v) is 4.99. The van der Waals surface area contributed by atoms with Gasteiger partial charge in [0.05, 0.1) is 18.4 Å². The van der Waals surface area contributed by atoms with Crippen molar-refractivity contribution in [3.63, 3.8) is 0 Å². The highest BCUT2D eigenvalue weighted by Gasteiger charge is 2.24. The van der Waals surface area contributed by atoms with Gasteiger partial charge >= 0.3 is 5.97 Å². The lowest BCUT2D eigenvalue weighted by Gasteiger charge is -2.22. The molecular weight excluding hydrogens is 352 g/mol. The molecule has 1 aliphatic heterocycles. The van der Waals surface area contributed by atoms with Crippen molar-refractivity contribution in [1.29, 1.82) is 0 Å². The summed E-state index contributed by atoms with van der Waals surface area (Å²) in [4.78, 5) is 38.8. The summed E-state index contributed by atoms with van der Waals surface area (Å²) in [5.41, 5.74) is 1.71. The topological polar surface area (TPSA) is 75.7 Å². The maximum Gasteiger partial charge on any atom is 0.337 e. The quantitative estimate of drug-likeness (QED) is 0.838. The zero-order valence-corrected chi connectivity index (χ0v) is 15.0. The highest BCUT2D eigenvalue weighted by Crippen LogP contribution is 2.33. The fourth-order valence-electron chi connectivity index (χ4n) is 2.64. The number of carbonyl (C=O) groups excluding carboxylic acids is 3. The Morgan fingerprint density at radius 3 is 2.62 bits per heavy atom. The second-order valence-corrected chi connectivity index (χ2v) is 6.80. The summed E-state index contributed by atoms with van der Waals surface area (Å²) in [5, 5.41) is 2.75. The van der Waals surface area contributed by atoms with Crippen LogP contribution in [0.15, 0.2) is 53.4 Å². The maximum atomic E-state index is 12.4. The molecule has 0 radical (unpaired) electrons. The molecule has 0 aromatic heterocycles. The van der Waals surface area contributed by atoms with Crippen LogP contribution in [0.25, 0.3) is 0 Å². The Kier molecular flexibility index (Phi) is 5.58. The monoisotopic (exact) mass is 370 g/mol. The summed E-state index contributed by atoms with van der Waals surface area (Å²) in [7, 11) is 1.31. The minimum atomic E-state index is -0.438. The minimum absolute atomic E-state index is 0.0604. The van der Waals surface area contributed by atoms with Gasteiger partial charge in [-0.25, -0.2) is 4.79 Å². The molecule has 0 saturated heterocycles. The lowest BCUT2D eigenvalue weighted by atomic mass is 10.2. The van der Waals surface area contributed by atoms with E-state index in [2.05, 4.69) is 10.1 Å². The van der Waals surface area contributed by atoms with Gasteiger partial charge in [-0.2, -0.15) is 0 Å². The van der Waals surface area contributed by atoms with Gasteiger partial charge < -0.3 is 15.0 Å². The van der Waals surface area contributed by atoms with Crippen molar-refractivity contribution in [2.24, 2.45) is 0 Å². The molecule has 1 N–H and O–H groups in total. The summed E-state index contributed by atoms with van der Waals surface area (Å²) >= 11 is 1.62. The number of carbonyl (C=O) groups is 3. The average Bonchev–Trinajstić information content (AvgIpc) is 2.81. The predicted molar refractivity (Wildman–Crippen MR) is 101 cm³/mol. The summed E-state index contributed by atoms with van der Waals surface area (Å²) in [5.74, 6) is -0.111. The first-order valence-electron chi connectivity index (χ1n) is 8.09. The van der Waals surface area contributed by atoms with E-state index in [1.54, 1.807) is 36.0 Å². The van der Waals surface area contributed by atoms with Crippen LogP contribution >= 0.6 is 11.8 Å². The summed E-state index contributed by atoms with van der Waals surface area (Å²) in [6.45, 7) is -0.0604. The lowest BCUT2D eigenvalue weighted by molar-refractivity contribution is -0.121. The van der Waals surface area contributed by atoms with E-state index in [-0.39, 0.29) is 18.4 Å². The molecular formula is C19H18N2O4S. The van der Waals surface area contributed by atoms with E-state index < -0.39 is 5.97 Å². The number of nitrogens with zero attached hydrogens (tertiary/aromatic N) is 1. The van der Waals surface area contributed by atoms with Crippen LogP contribution in [0.2, 0.25) is 0 Å². The van der Waals surface area contributed by atoms with Crippen molar-refractivity contribution < 1.29 is 19.1 Å². The van der Waals surface area contributed by atoms with Gasteiger partial charge in [0.2, 0.25) is 11.8 Å². The van der Waals surface area contributed by atoms with Crippen LogP contribution in [-0.4, -0.2) is 37.2 Å². The van der Waals surface area contributed by atoms with Crippen LogP contribution in [0.5, 0.6) is 0 Å². The fourth-order valence-corrected chi connectivity index (χ4v) is 3.64. The van der Waals surface area contributed by atoms with Gasteiger partial charge in [0.15, 0.2) is 0 Å². The number of fused-ring (bicyclic) bond motifs is 1. The van der Waals surface area contributed by atoms with Gasteiger partial charge in [-0.05, 0) is 36.4 Å². The molecule has 7 heteroatoms. The molecule has 0 spiro atoms. The highest BCUT2D eigenvalue weighted by atomic mass is 32.2. The van der Waals surface area contributed by atoms with Gasteiger partial charge in [-0.15, -0.1) is 11.8 Å². The van der Waals surface area contributed by atoms with Crippen LogP contribution in [0, 0.1) is 0 Å². The molecule has 0 atom stereocenters. The van der Waals surface area contributed by atoms with Crippen LogP contribution in [0.3, 0.4) is 0 Å². The molecule has 2 amide bonds. The molecule has 2 aromatic carbocycles. The molecule has 0 fully saturated rings. The zero-order valence-electron chi connectivity index (χ0n) is 14.2.